The zero-order valence-corrected chi connectivity index (χ0v) is 16.1. The molecular formula is C18H25N7O2. The smallest absolute Gasteiger partial charge is 0.229 e. The van der Waals surface area contributed by atoms with Gasteiger partial charge in [0.1, 0.15) is 11.6 Å². The number of hydrogen-bond acceptors (Lipinski definition) is 5. The van der Waals surface area contributed by atoms with E-state index in [4.69, 9.17) is 4.74 Å². The van der Waals surface area contributed by atoms with Crippen LogP contribution in [0.15, 0.2) is 29.3 Å². The molecule has 0 bridgehead atoms. The quantitative estimate of drug-likeness (QED) is 0.590. The standard InChI is InChI=1S/C18H25N7O2/c1-12-22-23-16(24(12)3)10-20-18(19-2)21-13-8-17(26)25(11-13)14-6-5-7-15(9-14)27-4/h5-7,9,13H,8,10-11H2,1-4H3,(H2,19,20,21). The first kappa shape index (κ1) is 18.7. The van der Waals surface area contributed by atoms with E-state index in [0.717, 1.165) is 23.1 Å². The topological polar surface area (TPSA) is 96.7 Å². The number of ether oxygens (including phenoxy) is 1. The van der Waals surface area contributed by atoms with Crippen molar-refractivity contribution in [1.29, 1.82) is 0 Å². The van der Waals surface area contributed by atoms with Crippen molar-refractivity contribution in [1.82, 2.24) is 25.4 Å². The van der Waals surface area contributed by atoms with Gasteiger partial charge in [0, 0.05) is 38.8 Å². The maximum absolute atomic E-state index is 12.4. The molecule has 27 heavy (non-hydrogen) atoms. The lowest BCUT2D eigenvalue weighted by atomic mass is 10.2. The molecule has 0 radical (unpaired) electrons. The fourth-order valence-corrected chi connectivity index (χ4v) is 2.99. The zero-order valence-electron chi connectivity index (χ0n) is 16.1. The number of benzene rings is 1. The second-order valence-electron chi connectivity index (χ2n) is 6.40. The first-order valence-corrected chi connectivity index (χ1v) is 8.78. The van der Waals surface area contributed by atoms with Crippen molar-refractivity contribution in [2.24, 2.45) is 12.0 Å². The van der Waals surface area contributed by atoms with Crippen molar-refractivity contribution in [3.63, 3.8) is 0 Å². The molecule has 1 aliphatic heterocycles. The molecule has 9 heteroatoms. The Morgan fingerprint density at radius 1 is 1.41 bits per heavy atom. The monoisotopic (exact) mass is 371 g/mol. The van der Waals surface area contributed by atoms with Crippen molar-refractivity contribution in [2.75, 3.05) is 25.6 Å². The van der Waals surface area contributed by atoms with Gasteiger partial charge in [-0.25, -0.2) is 0 Å². The molecule has 2 aromatic rings. The van der Waals surface area contributed by atoms with Crippen molar-refractivity contribution in [3.8, 4) is 5.75 Å². The molecule has 1 atom stereocenters. The van der Waals surface area contributed by atoms with Gasteiger partial charge in [-0.1, -0.05) is 6.07 Å². The first-order chi connectivity index (χ1) is 13.0. The number of hydrogen-bond donors (Lipinski definition) is 2. The predicted molar refractivity (Wildman–Crippen MR) is 103 cm³/mol. The Morgan fingerprint density at radius 2 is 2.22 bits per heavy atom. The molecule has 1 amide bonds. The summed E-state index contributed by atoms with van der Waals surface area (Å²) in [5, 5.41) is 14.7. The van der Waals surface area contributed by atoms with Crippen LogP contribution in [0.3, 0.4) is 0 Å². The summed E-state index contributed by atoms with van der Waals surface area (Å²) in [4.78, 5) is 18.4. The molecular weight excluding hydrogens is 346 g/mol. The van der Waals surface area contributed by atoms with Crippen LogP contribution in [-0.4, -0.2) is 53.4 Å². The number of carbonyl (C=O) groups excluding carboxylic acids is 1. The summed E-state index contributed by atoms with van der Waals surface area (Å²) in [6, 6.07) is 7.48. The minimum Gasteiger partial charge on any atom is -0.497 e. The highest BCUT2D eigenvalue weighted by molar-refractivity contribution is 5.97. The van der Waals surface area contributed by atoms with E-state index in [-0.39, 0.29) is 11.9 Å². The van der Waals surface area contributed by atoms with E-state index in [1.807, 2.05) is 42.8 Å². The van der Waals surface area contributed by atoms with Crippen LogP contribution < -0.4 is 20.3 Å². The Kier molecular flexibility index (Phi) is 5.58. The summed E-state index contributed by atoms with van der Waals surface area (Å²) in [5.41, 5.74) is 0.834. The molecule has 2 N–H and O–H groups in total. The van der Waals surface area contributed by atoms with Gasteiger partial charge in [-0.15, -0.1) is 10.2 Å². The van der Waals surface area contributed by atoms with Gasteiger partial charge in [-0.05, 0) is 19.1 Å². The van der Waals surface area contributed by atoms with Crippen molar-refractivity contribution in [3.05, 3.63) is 35.9 Å². The molecule has 144 valence electrons. The highest BCUT2D eigenvalue weighted by atomic mass is 16.5. The van der Waals surface area contributed by atoms with E-state index in [0.29, 0.717) is 25.5 Å². The van der Waals surface area contributed by atoms with Gasteiger partial charge in [-0.3, -0.25) is 9.79 Å². The third-order valence-electron chi connectivity index (χ3n) is 4.65. The van der Waals surface area contributed by atoms with Crippen LogP contribution in [0.4, 0.5) is 5.69 Å². The lowest BCUT2D eigenvalue weighted by Gasteiger charge is -2.19. The predicted octanol–water partition coefficient (Wildman–Crippen LogP) is 0.603. The number of anilines is 1. The highest BCUT2D eigenvalue weighted by Gasteiger charge is 2.31. The van der Waals surface area contributed by atoms with Crippen LogP contribution in [0.2, 0.25) is 0 Å². The molecule has 9 nitrogen and oxygen atoms in total. The number of guanidine groups is 1. The number of aromatic nitrogens is 3. The van der Waals surface area contributed by atoms with Crippen LogP contribution in [0, 0.1) is 6.92 Å². The molecule has 1 aliphatic rings. The largest absolute Gasteiger partial charge is 0.497 e. The zero-order chi connectivity index (χ0) is 19.4. The third-order valence-corrected chi connectivity index (χ3v) is 4.65. The summed E-state index contributed by atoms with van der Waals surface area (Å²) in [6.45, 7) is 2.97. The van der Waals surface area contributed by atoms with Gasteiger partial charge in [0.2, 0.25) is 5.91 Å². The molecule has 3 rings (SSSR count). The minimum absolute atomic E-state index is 0.0314. The number of nitrogens with one attached hydrogen (secondary N) is 2. The Morgan fingerprint density at radius 3 is 2.89 bits per heavy atom. The second-order valence-corrected chi connectivity index (χ2v) is 6.40. The summed E-state index contributed by atoms with van der Waals surface area (Å²) in [6.07, 6.45) is 0.404. The molecule has 1 aromatic heterocycles. The van der Waals surface area contributed by atoms with E-state index < -0.39 is 0 Å². The molecule has 1 fully saturated rings. The number of methoxy groups -OCH3 is 1. The van der Waals surface area contributed by atoms with Gasteiger partial charge >= 0.3 is 0 Å². The van der Waals surface area contributed by atoms with Gasteiger partial charge in [-0.2, -0.15) is 0 Å². The second kappa shape index (κ2) is 8.07. The van der Waals surface area contributed by atoms with Gasteiger partial charge in [0.25, 0.3) is 0 Å². The third kappa shape index (κ3) is 4.18. The molecule has 0 saturated carbocycles. The van der Waals surface area contributed by atoms with Gasteiger partial charge < -0.3 is 24.8 Å². The van der Waals surface area contributed by atoms with Crippen LogP contribution in [0.1, 0.15) is 18.1 Å². The van der Waals surface area contributed by atoms with Crippen molar-refractivity contribution >= 4 is 17.6 Å². The van der Waals surface area contributed by atoms with E-state index in [2.05, 4.69) is 25.8 Å². The highest BCUT2D eigenvalue weighted by Crippen LogP contribution is 2.25. The van der Waals surface area contributed by atoms with E-state index in [9.17, 15) is 4.79 Å². The summed E-state index contributed by atoms with van der Waals surface area (Å²) in [7, 11) is 5.24. The maximum Gasteiger partial charge on any atom is 0.229 e. The summed E-state index contributed by atoms with van der Waals surface area (Å²) >= 11 is 0. The van der Waals surface area contributed by atoms with E-state index in [1.54, 1.807) is 19.1 Å². The first-order valence-electron chi connectivity index (χ1n) is 8.78. The number of amides is 1. The number of carbonyl (C=O) groups is 1. The van der Waals surface area contributed by atoms with Gasteiger partial charge in [0.05, 0.1) is 19.7 Å². The number of aliphatic imine (C=N–C) groups is 1. The van der Waals surface area contributed by atoms with Crippen LogP contribution in [0.25, 0.3) is 0 Å². The van der Waals surface area contributed by atoms with E-state index >= 15 is 0 Å². The minimum atomic E-state index is -0.0314. The molecule has 2 heterocycles. The molecule has 1 unspecified atom stereocenters. The molecule has 0 aliphatic carbocycles. The Hall–Kier alpha value is -3.10. The summed E-state index contributed by atoms with van der Waals surface area (Å²) < 4.78 is 7.17. The summed E-state index contributed by atoms with van der Waals surface area (Å²) in [5.74, 6) is 3.09. The van der Waals surface area contributed by atoms with E-state index in [1.165, 1.54) is 0 Å². The lowest BCUT2D eigenvalue weighted by Crippen LogP contribution is -2.44. The molecule has 1 aromatic carbocycles. The maximum atomic E-state index is 12.4. The Balaban J connectivity index is 1.60. The van der Waals surface area contributed by atoms with Crippen LogP contribution in [0.5, 0.6) is 5.75 Å². The van der Waals surface area contributed by atoms with Crippen molar-refractivity contribution < 1.29 is 9.53 Å². The molecule has 1 saturated heterocycles. The fourth-order valence-electron chi connectivity index (χ4n) is 2.99. The Bertz CT molecular complexity index is 846. The van der Waals surface area contributed by atoms with Crippen LogP contribution >= 0.6 is 0 Å². The number of rotatable bonds is 5. The SMILES string of the molecule is CN=C(NCc1nnc(C)n1C)NC1CC(=O)N(c2cccc(OC)c2)C1. The normalized spacial score (nSPS) is 17.3. The number of nitrogens with zero attached hydrogens (tertiary/aromatic N) is 5. The molecule has 0 spiro atoms. The fraction of sp³-hybridized carbons (Fsp3) is 0.444. The van der Waals surface area contributed by atoms with Crippen LogP contribution in [-0.2, 0) is 18.4 Å². The number of aryl methyl sites for hydroxylation is 1. The lowest BCUT2D eigenvalue weighted by molar-refractivity contribution is -0.117. The van der Waals surface area contributed by atoms with Crippen molar-refractivity contribution in [2.45, 2.75) is 25.9 Å². The average Bonchev–Trinajstić information content (AvgIpc) is 3.21. The average molecular weight is 371 g/mol. The van der Waals surface area contributed by atoms with Gasteiger partial charge in [0.15, 0.2) is 11.8 Å². The Labute approximate surface area is 158 Å².